The number of likely N-dealkylation sites (N-methyl/N-ethyl adjacent to an activating group) is 1. The Morgan fingerprint density at radius 3 is 3.19 bits per heavy atom. The largest absolute Gasteiger partial charge is 0.373 e. The van der Waals surface area contributed by atoms with Crippen molar-refractivity contribution in [1.29, 1.82) is 0 Å². The van der Waals surface area contributed by atoms with Crippen molar-refractivity contribution in [3.8, 4) is 0 Å². The summed E-state index contributed by atoms with van der Waals surface area (Å²) >= 11 is 0. The van der Waals surface area contributed by atoms with Crippen LogP contribution in [0.5, 0.6) is 0 Å². The van der Waals surface area contributed by atoms with Crippen LogP contribution in [0.3, 0.4) is 0 Å². The highest BCUT2D eigenvalue weighted by Crippen LogP contribution is 2.18. The molecule has 0 radical (unpaired) electrons. The molecule has 0 aliphatic carbocycles. The molecular weight excluding hydrogens is 204 g/mol. The van der Waals surface area contributed by atoms with Crippen LogP contribution in [0, 0.1) is 0 Å². The van der Waals surface area contributed by atoms with Gasteiger partial charge in [0, 0.05) is 32.0 Å². The quantitative estimate of drug-likeness (QED) is 0.798. The maximum atomic E-state index is 6.22. The third-order valence-electron chi connectivity index (χ3n) is 3.08. The molecule has 1 aromatic rings. The zero-order chi connectivity index (χ0) is 11.5. The van der Waals surface area contributed by atoms with Gasteiger partial charge in [0.15, 0.2) is 0 Å². The Hall–Kier alpha value is -0.910. The van der Waals surface area contributed by atoms with Crippen LogP contribution < -0.4 is 5.73 Å². The van der Waals surface area contributed by atoms with Gasteiger partial charge in [-0.3, -0.25) is 0 Å². The van der Waals surface area contributed by atoms with Gasteiger partial charge in [0.2, 0.25) is 0 Å². The second kappa shape index (κ2) is 4.95. The van der Waals surface area contributed by atoms with Crippen molar-refractivity contribution in [2.24, 2.45) is 5.73 Å². The van der Waals surface area contributed by atoms with Crippen molar-refractivity contribution in [2.75, 3.05) is 26.7 Å². The lowest BCUT2D eigenvalue weighted by Gasteiger charge is -2.33. The first-order valence-corrected chi connectivity index (χ1v) is 5.79. The molecule has 2 atom stereocenters. The number of hydrogen-bond acceptors (Lipinski definition) is 4. The summed E-state index contributed by atoms with van der Waals surface area (Å²) in [5.41, 5.74) is 6.22. The summed E-state index contributed by atoms with van der Waals surface area (Å²) in [6, 6.07) is -0.141. The molecule has 2 N–H and O–H groups in total. The Morgan fingerprint density at radius 1 is 1.69 bits per heavy atom. The number of morpholine rings is 1. The summed E-state index contributed by atoms with van der Waals surface area (Å²) < 4.78 is 7.79. The second-order valence-electron chi connectivity index (χ2n) is 4.27. The van der Waals surface area contributed by atoms with E-state index < -0.39 is 0 Å². The third kappa shape index (κ3) is 2.26. The van der Waals surface area contributed by atoms with Crippen molar-refractivity contribution < 1.29 is 4.74 Å². The van der Waals surface area contributed by atoms with Crippen molar-refractivity contribution in [3.05, 3.63) is 18.2 Å². The number of aryl methyl sites for hydroxylation is 1. The van der Waals surface area contributed by atoms with E-state index in [1.165, 1.54) is 0 Å². The van der Waals surface area contributed by atoms with Crippen LogP contribution in [0.25, 0.3) is 0 Å². The standard InChI is InChI=1S/C11H20N4O/c1-3-15-5-4-13-11(15)10(12)9-8-14(2)6-7-16-9/h4-5,9-10H,3,6-8,12H2,1-2H3. The third-order valence-corrected chi connectivity index (χ3v) is 3.08. The normalized spacial score (nSPS) is 24.6. The summed E-state index contributed by atoms with van der Waals surface area (Å²) in [5.74, 6) is 0.919. The average Bonchev–Trinajstić information content (AvgIpc) is 2.76. The van der Waals surface area contributed by atoms with E-state index in [1.54, 1.807) is 6.20 Å². The van der Waals surface area contributed by atoms with Gasteiger partial charge in [-0.15, -0.1) is 0 Å². The van der Waals surface area contributed by atoms with E-state index in [0.717, 1.165) is 32.1 Å². The number of nitrogens with zero attached hydrogens (tertiary/aromatic N) is 3. The molecule has 2 rings (SSSR count). The van der Waals surface area contributed by atoms with Crippen molar-refractivity contribution in [1.82, 2.24) is 14.5 Å². The van der Waals surface area contributed by atoms with E-state index in [-0.39, 0.29) is 12.1 Å². The minimum Gasteiger partial charge on any atom is -0.373 e. The number of nitrogens with two attached hydrogens (primary N) is 1. The molecule has 1 aliphatic rings. The molecule has 16 heavy (non-hydrogen) atoms. The maximum Gasteiger partial charge on any atom is 0.128 e. The van der Waals surface area contributed by atoms with Crippen molar-refractivity contribution in [2.45, 2.75) is 25.6 Å². The van der Waals surface area contributed by atoms with Crippen LogP contribution in [0.1, 0.15) is 18.8 Å². The molecule has 2 heterocycles. The van der Waals surface area contributed by atoms with Gasteiger partial charge in [-0.05, 0) is 14.0 Å². The molecular formula is C11H20N4O. The fraction of sp³-hybridized carbons (Fsp3) is 0.727. The van der Waals surface area contributed by atoms with Gasteiger partial charge in [-0.1, -0.05) is 0 Å². The molecule has 1 saturated heterocycles. The van der Waals surface area contributed by atoms with E-state index >= 15 is 0 Å². The topological polar surface area (TPSA) is 56.3 Å². The summed E-state index contributed by atoms with van der Waals surface area (Å²) in [6.45, 7) is 5.59. The Labute approximate surface area is 96.2 Å². The summed E-state index contributed by atoms with van der Waals surface area (Å²) in [4.78, 5) is 6.57. The lowest BCUT2D eigenvalue weighted by atomic mass is 10.1. The van der Waals surface area contributed by atoms with E-state index in [4.69, 9.17) is 10.5 Å². The minimum absolute atomic E-state index is 0.0476. The van der Waals surface area contributed by atoms with Crippen LogP contribution in [0.2, 0.25) is 0 Å². The average molecular weight is 224 g/mol. The fourth-order valence-electron chi connectivity index (χ4n) is 2.08. The van der Waals surface area contributed by atoms with E-state index in [9.17, 15) is 0 Å². The summed E-state index contributed by atoms with van der Waals surface area (Å²) in [7, 11) is 2.09. The van der Waals surface area contributed by atoms with Crippen LogP contribution >= 0.6 is 0 Å². The Balaban J connectivity index is 2.09. The van der Waals surface area contributed by atoms with Gasteiger partial charge in [0.05, 0.1) is 18.8 Å². The number of aromatic nitrogens is 2. The predicted octanol–water partition coefficient (Wildman–Crippen LogP) is 0.233. The number of hydrogen-bond donors (Lipinski definition) is 1. The van der Waals surface area contributed by atoms with Crippen LogP contribution in [-0.4, -0.2) is 47.3 Å². The zero-order valence-corrected chi connectivity index (χ0v) is 9.97. The Kier molecular flexibility index (Phi) is 3.58. The Bertz CT molecular complexity index is 338. The predicted molar refractivity (Wildman–Crippen MR) is 62.1 cm³/mol. The van der Waals surface area contributed by atoms with Gasteiger partial charge >= 0.3 is 0 Å². The first-order valence-electron chi connectivity index (χ1n) is 5.79. The highest BCUT2D eigenvalue weighted by atomic mass is 16.5. The first kappa shape index (κ1) is 11.6. The highest BCUT2D eigenvalue weighted by Gasteiger charge is 2.27. The fourth-order valence-corrected chi connectivity index (χ4v) is 2.08. The van der Waals surface area contributed by atoms with E-state index in [2.05, 4.69) is 28.4 Å². The molecule has 90 valence electrons. The zero-order valence-electron chi connectivity index (χ0n) is 9.97. The molecule has 2 unspecified atom stereocenters. The van der Waals surface area contributed by atoms with Crippen LogP contribution in [-0.2, 0) is 11.3 Å². The van der Waals surface area contributed by atoms with Crippen LogP contribution in [0.4, 0.5) is 0 Å². The monoisotopic (exact) mass is 224 g/mol. The number of ether oxygens (including phenoxy) is 1. The minimum atomic E-state index is -0.141. The molecule has 0 aromatic carbocycles. The van der Waals surface area contributed by atoms with Crippen LogP contribution in [0.15, 0.2) is 12.4 Å². The molecule has 0 spiro atoms. The molecule has 0 bridgehead atoms. The summed E-state index contributed by atoms with van der Waals surface area (Å²) in [6.07, 6.45) is 3.80. The van der Waals surface area contributed by atoms with Gasteiger partial charge in [-0.25, -0.2) is 4.98 Å². The van der Waals surface area contributed by atoms with Crippen molar-refractivity contribution in [3.63, 3.8) is 0 Å². The highest BCUT2D eigenvalue weighted by molar-refractivity contribution is 5.02. The lowest BCUT2D eigenvalue weighted by molar-refractivity contribution is -0.0343. The molecule has 5 nitrogen and oxygen atoms in total. The SMILES string of the molecule is CCn1ccnc1C(N)C1CN(C)CCO1. The van der Waals surface area contributed by atoms with Gasteiger partial charge in [-0.2, -0.15) is 0 Å². The number of imidazole rings is 1. The smallest absolute Gasteiger partial charge is 0.128 e. The molecule has 1 fully saturated rings. The molecule has 1 aromatic heterocycles. The number of rotatable bonds is 3. The van der Waals surface area contributed by atoms with Gasteiger partial charge in [0.1, 0.15) is 5.82 Å². The van der Waals surface area contributed by atoms with Gasteiger partial charge in [0.25, 0.3) is 0 Å². The molecule has 1 aliphatic heterocycles. The summed E-state index contributed by atoms with van der Waals surface area (Å²) in [5, 5.41) is 0. The second-order valence-corrected chi connectivity index (χ2v) is 4.27. The van der Waals surface area contributed by atoms with Gasteiger partial charge < -0.3 is 19.9 Å². The van der Waals surface area contributed by atoms with E-state index in [1.807, 2.05) is 6.20 Å². The Morgan fingerprint density at radius 2 is 2.50 bits per heavy atom. The lowest BCUT2D eigenvalue weighted by Crippen LogP contribution is -2.45. The maximum absolute atomic E-state index is 6.22. The van der Waals surface area contributed by atoms with E-state index in [0.29, 0.717) is 0 Å². The molecule has 0 amide bonds. The molecule has 0 saturated carbocycles. The first-order chi connectivity index (χ1) is 7.72. The molecule has 5 heteroatoms. The van der Waals surface area contributed by atoms with Crippen molar-refractivity contribution >= 4 is 0 Å².